The quantitative estimate of drug-likeness (QED) is 0.789. The van der Waals surface area contributed by atoms with Gasteiger partial charge in [0.2, 0.25) is 0 Å². The molecule has 0 unspecified atom stereocenters. The first kappa shape index (κ1) is 15.5. The van der Waals surface area contributed by atoms with Crippen LogP contribution in [0.15, 0.2) is 50.2 Å². The van der Waals surface area contributed by atoms with Gasteiger partial charge in [0.15, 0.2) is 0 Å². The summed E-state index contributed by atoms with van der Waals surface area (Å²) in [6, 6.07) is 10.6. The Morgan fingerprint density at radius 1 is 1.00 bits per heavy atom. The lowest BCUT2D eigenvalue weighted by atomic mass is 10.2. The van der Waals surface area contributed by atoms with E-state index >= 15 is 0 Å². The van der Waals surface area contributed by atoms with Gasteiger partial charge in [-0.05, 0) is 65.2 Å². The molecule has 0 aliphatic heterocycles. The van der Waals surface area contributed by atoms with Crippen LogP contribution in [0.1, 0.15) is 11.1 Å². The normalized spacial score (nSPS) is 11.4. The minimum absolute atomic E-state index is 0.263. The van der Waals surface area contributed by atoms with Crippen LogP contribution < -0.4 is 4.72 Å². The second-order valence-corrected chi connectivity index (χ2v) is 7.92. The van der Waals surface area contributed by atoms with E-state index in [9.17, 15) is 8.42 Å². The average Bonchev–Trinajstić information content (AvgIpc) is 2.35. The lowest BCUT2D eigenvalue weighted by molar-refractivity contribution is 0.600. The summed E-state index contributed by atoms with van der Waals surface area (Å²) in [5.41, 5.74) is 2.28. The zero-order valence-electron chi connectivity index (χ0n) is 10.9. The third kappa shape index (κ3) is 3.42. The summed E-state index contributed by atoms with van der Waals surface area (Å²) < 4.78 is 29.0. The zero-order chi connectivity index (χ0) is 14.9. The molecule has 0 radical (unpaired) electrons. The second-order valence-electron chi connectivity index (χ2n) is 4.50. The van der Waals surface area contributed by atoms with E-state index in [1.165, 1.54) is 0 Å². The highest BCUT2D eigenvalue weighted by Gasteiger charge is 2.18. The number of anilines is 1. The topological polar surface area (TPSA) is 46.2 Å². The van der Waals surface area contributed by atoms with E-state index in [0.29, 0.717) is 15.7 Å². The molecule has 0 spiro atoms. The summed E-state index contributed by atoms with van der Waals surface area (Å²) in [6.45, 7) is 3.71. The van der Waals surface area contributed by atoms with Crippen LogP contribution >= 0.6 is 31.9 Å². The molecule has 0 fully saturated rings. The van der Waals surface area contributed by atoms with Crippen LogP contribution in [0.4, 0.5) is 5.69 Å². The van der Waals surface area contributed by atoms with Gasteiger partial charge in [-0.15, -0.1) is 0 Å². The van der Waals surface area contributed by atoms with E-state index in [-0.39, 0.29) is 4.90 Å². The smallest absolute Gasteiger partial charge is 0.262 e. The summed E-state index contributed by atoms with van der Waals surface area (Å²) in [6.07, 6.45) is 0. The molecule has 2 rings (SSSR count). The molecule has 0 aromatic heterocycles. The Morgan fingerprint density at radius 2 is 1.70 bits per heavy atom. The number of rotatable bonds is 3. The van der Waals surface area contributed by atoms with Gasteiger partial charge in [-0.25, -0.2) is 8.42 Å². The molecule has 0 saturated carbocycles. The Morgan fingerprint density at radius 3 is 2.35 bits per heavy atom. The first-order valence-corrected chi connectivity index (χ1v) is 8.91. The Bertz CT molecular complexity index is 758. The van der Waals surface area contributed by atoms with Gasteiger partial charge in [0.05, 0.1) is 10.6 Å². The van der Waals surface area contributed by atoms with Crippen molar-refractivity contribution in [2.45, 2.75) is 18.7 Å². The lowest BCUT2D eigenvalue weighted by Gasteiger charge is -2.12. The third-order valence-corrected chi connectivity index (χ3v) is 5.47. The number of nitrogens with one attached hydrogen (secondary N) is 1. The largest absolute Gasteiger partial charge is 0.278 e. The van der Waals surface area contributed by atoms with Gasteiger partial charge in [-0.1, -0.05) is 28.1 Å². The Hall–Kier alpha value is -0.850. The third-order valence-electron chi connectivity index (χ3n) is 2.81. The summed E-state index contributed by atoms with van der Waals surface area (Å²) in [5, 5.41) is 0. The van der Waals surface area contributed by atoms with Crippen LogP contribution in [-0.2, 0) is 10.0 Å². The molecule has 0 atom stereocenters. The minimum atomic E-state index is -3.61. The molecule has 0 amide bonds. The fraction of sp³-hybridized carbons (Fsp3) is 0.143. The molecule has 0 saturated heterocycles. The van der Waals surface area contributed by atoms with E-state index in [0.717, 1.165) is 10.0 Å². The van der Waals surface area contributed by atoms with Crippen LogP contribution in [0.3, 0.4) is 0 Å². The molecule has 0 aliphatic carbocycles. The number of halogens is 2. The van der Waals surface area contributed by atoms with Gasteiger partial charge in [0.1, 0.15) is 0 Å². The zero-order valence-corrected chi connectivity index (χ0v) is 14.9. The van der Waals surface area contributed by atoms with Gasteiger partial charge < -0.3 is 0 Å². The molecule has 0 bridgehead atoms. The Balaban J connectivity index is 2.43. The molecule has 1 N–H and O–H groups in total. The van der Waals surface area contributed by atoms with Crippen molar-refractivity contribution in [3.63, 3.8) is 0 Å². The maximum Gasteiger partial charge on any atom is 0.262 e. The fourth-order valence-corrected chi connectivity index (χ4v) is 4.35. The molecule has 3 nitrogen and oxygen atoms in total. The molecule has 2 aromatic rings. The van der Waals surface area contributed by atoms with Crippen LogP contribution in [0.5, 0.6) is 0 Å². The van der Waals surface area contributed by atoms with Crippen molar-refractivity contribution in [2.75, 3.05) is 4.72 Å². The average molecular weight is 419 g/mol. The van der Waals surface area contributed by atoms with Gasteiger partial charge in [-0.2, -0.15) is 0 Å². The summed E-state index contributed by atoms with van der Waals surface area (Å²) in [7, 11) is -3.61. The maximum atomic E-state index is 12.5. The van der Waals surface area contributed by atoms with Crippen LogP contribution in [0, 0.1) is 13.8 Å². The van der Waals surface area contributed by atoms with Crippen molar-refractivity contribution in [2.24, 2.45) is 0 Å². The van der Waals surface area contributed by atoms with E-state index in [2.05, 4.69) is 36.6 Å². The molecule has 0 aliphatic rings. The van der Waals surface area contributed by atoms with Crippen molar-refractivity contribution in [3.8, 4) is 0 Å². The van der Waals surface area contributed by atoms with Crippen molar-refractivity contribution < 1.29 is 8.42 Å². The van der Waals surface area contributed by atoms with Gasteiger partial charge in [0, 0.05) is 8.95 Å². The molecule has 0 heterocycles. The molecular formula is C14H13Br2NO2S. The summed E-state index contributed by atoms with van der Waals surface area (Å²) in [4.78, 5) is 0.263. The first-order valence-electron chi connectivity index (χ1n) is 5.85. The molecule has 20 heavy (non-hydrogen) atoms. The number of sulfonamides is 1. The fourth-order valence-electron chi connectivity index (χ4n) is 1.77. The maximum absolute atomic E-state index is 12.5. The highest BCUT2D eigenvalue weighted by molar-refractivity contribution is 9.10. The minimum Gasteiger partial charge on any atom is -0.278 e. The molecular weight excluding hydrogens is 406 g/mol. The van der Waals surface area contributed by atoms with E-state index in [1.54, 1.807) is 25.1 Å². The van der Waals surface area contributed by atoms with Crippen LogP contribution in [-0.4, -0.2) is 8.42 Å². The molecule has 106 valence electrons. The van der Waals surface area contributed by atoms with Gasteiger partial charge in [0.25, 0.3) is 10.0 Å². The van der Waals surface area contributed by atoms with Crippen molar-refractivity contribution in [1.82, 2.24) is 0 Å². The van der Waals surface area contributed by atoms with Crippen LogP contribution in [0.25, 0.3) is 0 Å². The van der Waals surface area contributed by atoms with E-state index in [1.807, 2.05) is 25.1 Å². The van der Waals surface area contributed by atoms with E-state index < -0.39 is 10.0 Å². The summed E-state index contributed by atoms with van der Waals surface area (Å²) in [5.74, 6) is 0. The molecule has 6 heteroatoms. The van der Waals surface area contributed by atoms with Crippen LogP contribution in [0.2, 0.25) is 0 Å². The van der Waals surface area contributed by atoms with Crippen molar-refractivity contribution in [1.29, 1.82) is 0 Å². The number of hydrogen-bond donors (Lipinski definition) is 1. The Labute approximate surface area is 135 Å². The number of benzene rings is 2. The standard InChI is InChI=1S/C14H13Br2NO2S/c1-9-3-6-13(12(16)7-9)17-20(18,19)14-8-11(15)5-4-10(14)2/h3-8,17H,1-2H3. The highest BCUT2D eigenvalue weighted by Crippen LogP contribution is 2.28. The first-order chi connectivity index (χ1) is 9.29. The summed E-state index contributed by atoms with van der Waals surface area (Å²) >= 11 is 6.67. The predicted molar refractivity (Wildman–Crippen MR) is 88.6 cm³/mol. The lowest BCUT2D eigenvalue weighted by Crippen LogP contribution is -2.14. The van der Waals surface area contributed by atoms with Crippen molar-refractivity contribution >= 4 is 47.6 Å². The molecule has 2 aromatic carbocycles. The predicted octanol–water partition coefficient (Wildman–Crippen LogP) is 4.63. The van der Waals surface area contributed by atoms with Crippen molar-refractivity contribution in [3.05, 3.63) is 56.5 Å². The second kappa shape index (κ2) is 5.87. The number of hydrogen-bond acceptors (Lipinski definition) is 2. The Kier molecular flexibility index (Phi) is 4.56. The monoisotopic (exact) mass is 417 g/mol. The number of aryl methyl sites for hydroxylation is 2. The van der Waals surface area contributed by atoms with Gasteiger partial charge >= 0.3 is 0 Å². The van der Waals surface area contributed by atoms with Gasteiger partial charge in [-0.3, -0.25) is 4.72 Å². The van der Waals surface area contributed by atoms with E-state index in [4.69, 9.17) is 0 Å². The highest BCUT2D eigenvalue weighted by atomic mass is 79.9. The SMILES string of the molecule is Cc1ccc(NS(=O)(=O)c2cc(Br)ccc2C)c(Br)c1.